The molecule has 0 aliphatic carbocycles. The van der Waals surface area contributed by atoms with Gasteiger partial charge in [0.1, 0.15) is 0 Å². The number of para-hydroxylation sites is 1. The van der Waals surface area contributed by atoms with E-state index in [0.29, 0.717) is 6.54 Å². The van der Waals surface area contributed by atoms with E-state index < -0.39 is 0 Å². The van der Waals surface area contributed by atoms with Gasteiger partial charge < -0.3 is 9.88 Å². The lowest BCUT2D eigenvalue weighted by Crippen LogP contribution is -2.17. The molecule has 1 aromatic heterocycles. The zero-order valence-corrected chi connectivity index (χ0v) is 13.2. The van der Waals surface area contributed by atoms with E-state index in [9.17, 15) is 4.79 Å². The van der Waals surface area contributed by atoms with Gasteiger partial charge in [-0.15, -0.1) is 0 Å². The first-order valence-electron chi connectivity index (χ1n) is 6.72. The molecular weight excluding hydrogens is 328 g/mol. The van der Waals surface area contributed by atoms with Crippen molar-refractivity contribution in [2.75, 3.05) is 5.32 Å². The average molecular weight is 343 g/mol. The Morgan fingerprint density at radius 1 is 1.10 bits per heavy atom. The average Bonchev–Trinajstić information content (AvgIpc) is 2.51. The number of rotatable bonds is 3. The smallest absolute Gasteiger partial charge is 0.252 e. The molecule has 0 aliphatic rings. The fourth-order valence-corrected chi connectivity index (χ4v) is 2.62. The first-order chi connectivity index (χ1) is 10.1. The van der Waals surface area contributed by atoms with Crippen LogP contribution < -0.4 is 10.9 Å². The molecule has 1 heterocycles. The van der Waals surface area contributed by atoms with Crippen molar-refractivity contribution in [3.8, 4) is 0 Å². The first-order valence-corrected chi connectivity index (χ1v) is 7.51. The molecule has 0 bridgehead atoms. The summed E-state index contributed by atoms with van der Waals surface area (Å²) in [5.41, 5.74) is 2.97. The second-order valence-electron chi connectivity index (χ2n) is 4.95. The van der Waals surface area contributed by atoms with Crippen LogP contribution in [0.25, 0.3) is 10.9 Å². The summed E-state index contributed by atoms with van der Waals surface area (Å²) in [4.78, 5) is 12.0. The summed E-state index contributed by atoms with van der Waals surface area (Å²) in [7, 11) is 1.79. The van der Waals surface area contributed by atoms with Gasteiger partial charge in [-0.25, -0.2) is 0 Å². The van der Waals surface area contributed by atoms with Gasteiger partial charge in [-0.3, -0.25) is 4.79 Å². The molecule has 0 radical (unpaired) electrons. The van der Waals surface area contributed by atoms with Crippen LogP contribution in [0.15, 0.2) is 63.9 Å². The van der Waals surface area contributed by atoms with E-state index in [0.717, 1.165) is 21.1 Å². The van der Waals surface area contributed by atoms with Gasteiger partial charge in [0.05, 0.1) is 5.52 Å². The number of halogens is 1. The zero-order chi connectivity index (χ0) is 14.8. The third-order valence-corrected chi connectivity index (χ3v) is 4.08. The van der Waals surface area contributed by atoms with E-state index in [1.807, 2.05) is 36.4 Å². The van der Waals surface area contributed by atoms with Crippen LogP contribution in [0.4, 0.5) is 5.69 Å². The maximum Gasteiger partial charge on any atom is 0.252 e. The Balaban J connectivity index is 1.95. The molecule has 1 N–H and O–H groups in total. The Hall–Kier alpha value is -2.07. The summed E-state index contributed by atoms with van der Waals surface area (Å²) in [5, 5.41) is 4.42. The lowest BCUT2D eigenvalue weighted by Gasteiger charge is -2.12. The summed E-state index contributed by atoms with van der Waals surface area (Å²) in [6.45, 7) is 0.685. The predicted molar refractivity (Wildman–Crippen MR) is 90.7 cm³/mol. The highest BCUT2D eigenvalue weighted by Crippen LogP contribution is 2.21. The van der Waals surface area contributed by atoms with Crippen molar-refractivity contribution >= 4 is 32.5 Å². The molecule has 106 valence electrons. The minimum absolute atomic E-state index is 0.00740. The molecule has 3 nitrogen and oxygen atoms in total. The van der Waals surface area contributed by atoms with Gasteiger partial charge in [-0.1, -0.05) is 46.3 Å². The van der Waals surface area contributed by atoms with Crippen molar-refractivity contribution in [2.45, 2.75) is 6.54 Å². The Morgan fingerprint density at radius 2 is 1.81 bits per heavy atom. The summed E-state index contributed by atoms with van der Waals surface area (Å²) < 4.78 is 2.73. The summed E-state index contributed by atoms with van der Waals surface area (Å²) >= 11 is 3.43. The number of aromatic nitrogens is 1. The van der Waals surface area contributed by atoms with E-state index >= 15 is 0 Å². The van der Waals surface area contributed by atoms with Crippen molar-refractivity contribution in [3.63, 3.8) is 0 Å². The molecule has 3 aromatic rings. The van der Waals surface area contributed by atoms with Gasteiger partial charge in [-0.2, -0.15) is 0 Å². The van der Waals surface area contributed by atoms with Crippen LogP contribution in [0.3, 0.4) is 0 Å². The summed E-state index contributed by atoms with van der Waals surface area (Å²) in [5.74, 6) is 0. The molecule has 21 heavy (non-hydrogen) atoms. The fraction of sp³-hybridized carbons (Fsp3) is 0.118. The normalized spacial score (nSPS) is 10.8. The fourth-order valence-electron chi connectivity index (χ4n) is 2.36. The minimum Gasteiger partial charge on any atom is -0.380 e. The van der Waals surface area contributed by atoms with E-state index in [-0.39, 0.29) is 5.56 Å². The van der Waals surface area contributed by atoms with E-state index in [2.05, 4.69) is 33.4 Å². The van der Waals surface area contributed by atoms with Gasteiger partial charge in [0.25, 0.3) is 5.56 Å². The highest BCUT2D eigenvalue weighted by Gasteiger charge is 2.05. The van der Waals surface area contributed by atoms with Gasteiger partial charge in [0.2, 0.25) is 0 Å². The zero-order valence-electron chi connectivity index (χ0n) is 11.6. The largest absolute Gasteiger partial charge is 0.380 e. The molecule has 0 spiro atoms. The summed E-state index contributed by atoms with van der Waals surface area (Å²) in [6.07, 6.45) is 0. The van der Waals surface area contributed by atoms with Crippen LogP contribution >= 0.6 is 15.9 Å². The lowest BCUT2D eigenvalue weighted by molar-refractivity contribution is 0.905. The number of anilines is 1. The molecule has 0 atom stereocenters. The molecular formula is C17H15BrN2O. The Kier molecular flexibility index (Phi) is 3.80. The van der Waals surface area contributed by atoms with Crippen LogP contribution in [0.5, 0.6) is 0 Å². The highest BCUT2D eigenvalue weighted by molar-refractivity contribution is 9.10. The molecule has 4 heteroatoms. The van der Waals surface area contributed by atoms with Crippen molar-refractivity contribution in [2.24, 2.45) is 7.05 Å². The Labute approximate surface area is 131 Å². The van der Waals surface area contributed by atoms with Crippen LogP contribution in [0, 0.1) is 0 Å². The van der Waals surface area contributed by atoms with E-state index in [4.69, 9.17) is 0 Å². The topological polar surface area (TPSA) is 34.0 Å². The third-order valence-electron chi connectivity index (χ3n) is 3.55. The van der Waals surface area contributed by atoms with Gasteiger partial charge in [0, 0.05) is 35.2 Å². The standard InChI is InChI=1S/C17H15BrN2O/c1-20-16-5-3-2-4-14(16)15(10-17(20)21)19-11-12-6-8-13(18)9-7-12/h2-10,19H,11H2,1H3. The van der Waals surface area contributed by atoms with E-state index in [1.165, 1.54) is 5.56 Å². The van der Waals surface area contributed by atoms with Crippen LogP contribution in [0.2, 0.25) is 0 Å². The second-order valence-corrected chi connectivity index (χ2v) is 5.87. The number of nitrogens with zero attached hydrogens (tertiary/aromatic N) is 1. The third kappa shape index (κ3) is 2.85. The Morgan fingerprint density at radius 3 is 2.57 bits per heavy atom. The van der Waals surface area contributed by atoms with Gasteiger partial charge in [0.15, 0.2) is 0 Å². The quantitative estimate of drug-likeness (QED) is 0.782. The molecule has 0 unspecified atom stereocenters. The molecule has 0 aliphatic heterocycles. The van der Waals surface area contributed by atoms with Crippen molar-refractivity contribution in [3.05, 3.63) is 75.0 Å². The van der Waals surface area contributed by atoms with Crippen molar-refractivity contribution in [1.82, 2.24) is 4.57 Å². The number of fused-ring (bicyclic) bond motifs is 1. The number of pyridine rings is 1. The molecule has 0 saturated heterocycles. The van der Waals surface area contributed by atoms with Crippen molar-refractivity contribution < 1.29 is 0 Å². The van der Waals surface area contributed by atoms with E-state index in [1.54, 1.807) is 17.7 Å². The Bertz CT molecular complexity index is 838. The maximum absolute atomic E-state index is 12.0. The maximum atomic E-state index is 12.0. The monoisotopic (exact) mass is 342 g/mol. The number of hydrogen-bond acceptors (Lipinski definition) is 2. The molecule has 0 saturated carbocycles. The second kappa shape index (κ2) is 5.74. The number of nitrogens with one attached hydrogen (secondary N) is 1. The van der Waals surface area contributed by atoms with Gasteiger partial charge >= 0.3 is 0 Å². The first kappa shape index (κ1) is 13.9. The summed E-state index contributed by atoms with van der Waals surface area (Å²) in [6, 6.07) is 17.7. The van der Waals surface area contributed by atoms with Gasteiger partial charge in [-0.05, 0) is 23.8 Å². The number of aryl methyl sites for hydroxylation is 1. The van der Waals surface area contributed by atoms with Crippen LogP contribution in [-0.2, 0) is 13.6 Å². The lowest BCUT2D eigenvalue weighted by atomic mass is 10.1. The molecule has 0 fully saturated rings. The molecule has 2 aromatic carbocycles. The highest BCUT2D eigenvalue weighted by atomic mass is 79.9. The molecule has 0 amide bonds. The van der Waals surface area contributed by atoms with Crippen LogP contribution in [-0.4, -0.2) is 4.57 Å². The number of benzene rings is 2. The van der Waals surface area contributed by atoms with Crippen LogP contribution in [0.1, 0.15) is 5.56 Å². The SMILES string of the molecule is Cn1c(=O)cc(NCc2ccc(Br)cc2)c2ccccc21. The number of hydrogen-bond donors (Lipinski definition) is 1. The predicted octanol–water partition coefficient (Wildman–Crippen LogP) is 3.91. The molecule has 3 rings (SSSR count). The van der Waals surface area contributed by atoms with Crippen molar-refractivity contribution in [1.29, 1.82) is 0 Å². The minimum atomic E-state index is -0.00740.